The Morgan fingerprint density at radius 3 is 2.67 bits per heavy atom. The number of carbonyl (C=O) groups excluding carboxylic acids is 1. The molecule has 5 heteroatoms. The average Bonchev–Trinajstić information content (AvgIpc) is 2.52. The van der Waals surface area contributed by atoms with Crippen LogP contribution in [0.25, 0.3) is 0 Å². The topological polar surface area (TPSA) is 47.6 Å². The quantitative estimate of drug-likeness (QED) is 0.889. The number of nitrogens with one attached hydrogen (secondary N) is 1. The lowest BCUT2D eigenvalue weighted by Crippen LogP contribution is -2.28. The maximum absolute atomic E-state index is 13.4. The normalized spacial score (nSPS) is 10.0. The van der Waals surface area contributed by atoms with Crippen LogP contribution in [0.5, 0.6) is 11.5 Å². The molecule has 0 aliphatic rings. The number of hydrogen-bond donors (Lipinski definition) is 1. The first kappa shape index (κ1) is 14.8. The Morgan fingerprint density at radius 1 is 1.14 bits per heavy atom. The third-order valence-electron chi connectivity index (χ3n) is 2.84. The smallest absolute Gasteiger partial charge is 0.258 e. The Morgan fingerprint density at radius 2 is 1.90 bits per heavy atom. The highest BCUT2D eigenvalue weighted by Gasteiger charge is 2.05. The van der Waals surface area contributed by atoms with E-state index in [1.54, 1.807) is 49.6 Å². The number of hydrogen-bond acceptors (Lipinski definition) is 3. The van der Waals surface area contributed by atoms with Crippen LogP contribution < -0.4 is 14.8 Å². The fourth-order valence-corrected chi connectivity index (χ4v) is 1.73. The number of rotatable bonds is 6. The number of benzene rings is 2. The molecule has 0 spiro atoms. The Bertz CT molecular complexity index is 616. The van der Waals surface area contributed by atoms with Gasteiger partial charge in [0.25, 0.3) is 5.91 Å². The van der Waals surface area contributed by atoms with Gasteiger partial charge in [0, 0.05) is 18.2 Å². The van der Waals surface area contributed by atoms with Crippen molar-refractivity contribution in [1.82, 2.24) is 5.32 Å². The lowest BCUT2D eigenvalue weighted by Gasteiger charge is -2.09. The highest BCUT2D eigenvalue weighted by molar-refractivity contribution is 5.77. The van der Waals surface area contributed by atoms with E-state index in [1.807, 2.05) is 0 Å². The lowest BCUT2D eigenvalue weighted by atomic mass is 10.2. The SMILES string of the molecule is COc1cccc(OCC(=O)NCc2ccccc2F)c1. The molecule has 1 N–H and O–H groups in total. The predicted octanol–water partition coefficient (Wildman–Crippen LogP) is 2.53. The van der Waals surface area contributed by atoms with Gasteiger partial charge in [-0.25, -0.2) is 4.39 Å². The second-order valence-corrected chi connectivity index (χ2v) is 4.34. The Hall–Kier alpha value is -2.56. The summed E-state index contributed by atoms with van der Waals surface area (Å²) in [5.41, 5.74) is 0.437. The second kappa shape index (κ2) is 7.28. The van der Waals surface area contributed by atoms with Crippen LogP contribution in [-0.2, 0) is 11.3 Å². The van der Waals surface area contributed by atoms with Crippen molar-refractivity contribution in [1.29, 1.82) is 0 Å². The van der Waals surface area contributed by atoms with E-state index in [4.69, 9.17) is 9.47 Å². The van der Waals surface area contributed by atoms with Crippen LogP contribution in [0, 0.1) is 5.82 Å². The van der Waals surface area contributed by atoms with Crippen molar-refractivity contribution in [3.8, 4) is 11.5 Å². The van der Waals surface area contributed by atoms with Gasteiger partial charge in [0.2, 0.25) is 0 Å². The molecule has 0 atom stereocenters. The lowest BCUT2D eigenvalue weighted by molar-refractivity contribution is -0.123. The van der Waals surface area contributed by atoms with Gasteiger partial charge in [0.1, 0.15) is 17.3 Å². The molecule has 0 fully saturated rings. The van der Waals surface area contributed by atoms with Gasteiger partial charge in [-0.3, -0.25) is 4.79 Å². The summed E-state index contributed by atoms with van der Waals surface area (Å²) >= 11 is 0. The maximum atomic E-state index is 13.4. The zero-order valence-electron chi connectivity index (χ0n) is 11.6. The van der Waals surface area contributed by atoms with E-state index in [1.165, 1.54) is 6.07 Å². The van der Waals surface area contributed by atoms with Crippen molar-refractivity contribution in [2.75, 3.05) is 13.7 Å². The molecule has 21 heavy (non-hydrogen) atoms. The molecular formula is C16H16FNO3. The van der Waals surface area contributed by atoms with Crippen LogP contribution in [0.3, 0.4) is 0 Å². The highest BCUT2D eigenvalue weighted by atomic mass is 19.1. The van der Waals surface area contributed by atoms with E-state index in [-0.39, 0.29) is 24.9 Å². The van der Waals surface area contributed by atoms with Crippen LogP contribution in [0.4, 0.5) is 4.39 Å². The highest BCUT2D eigenvalue weighted by Crippen LogP contribution is 2.18. The number of methoxy groups -OCH3 is 1. The molecule has 0 heterocycles. The van der Waals surface area contributed by atoms with Gasteiger partial charge in [-0.1, -0.05) is 24.3 Å². The molecule has 0 saturated carbocycles. The van der Waals surface area contributed by atoms with Crippen molar-refractivity contribution in [3.63, 3.8) is 0 Å². The van der Waals surface area contributed by atoms with Gasteiger partial charge in [0.05, 0.1) is 7.11 Å². The standard InChI is InChI=1S/C16H16FNO3/c1-20-13-6-4-7-14(9-13)21-11-16(19)18-10-12-5-2-3-8-15(12)17/h2-9H,10-11H2,1H3,(H,18,19). The predicted molar refractivity (Wildman–Crippen MR) is 76.7 cm³/mol. The maximum Gasteiger partial charge on any atom is 0.258 e. The minimum absolute atomic E-state index is 0.132. The van der Waals surface area contributed by atoms with E-state index in [2.05, 4.69) is 5.32 Å². The van der Waals surface area contributed by atoms with Crippen molar-refractivity contribution < 1.29 is 18.7 Å². The van der Waals surface area contributed by atoms with Gasteiger partial charge in [-0.15, -0.1) is 0 Å². The summed E-state index contributed by atoms with van der Waals surface area (Å²) in [6.07, 6.45) is 0. The molecule has 2 rings (SSSR count). The fourth-order valence-electron chi connectivity index (χ4n) is 1.73. The van der Waals surface area contributed by atoms with E-state index in [9.17, 15) is 9.18 Å². The first-order chi connectivity index (χ1) is 10.2. The first-order valence-electron chi connectivity index (χ1n) is 6.46. The average molecular weight is 289 g/mol. The molecule has 4 nitrogen and oxygen atoms in total. The fraction of sp³-hybridized carbons (Fsp3) is 0.188. The van der Waals surface area contributed by atoms with Crippen molar-refractivity contribution in [3.05, 3.63) is 59.9 Å². The molecule has 0 aliphatic carbocycles. The third-order valence-corrected chi connectivity index (χ3v) is 2.84. The molecule has 2 aromatic carbocycles. The van der Waals surface area contributed by atoms with E-state index in [0.717, 1.165) is 0 Å². The van der Waals surface area contributed by atoms with Gasteiger partial charge in [-0.05, 0) is 18.2 Å². The third kappa shape index (κ3) is 4.49. The minimum atomic E-state index is -0.341. The number of carbonyl (C=O) groups is 1. The van der Waals surface area contributed by atoms with Crippen LogP contribution in [0.2, 0.25) is 0 Å². The van der Waals surface area contributed by atoms with Crippen molar-refractivity contribution in [2.24, 2.45) is 0 Å². The molecule has 1 amide bonds. The summed E-state index contributed by atoms with van der Waals surface area (Å²) in [6, 6.07) is 13.3. The van der Waals surface area contributed by atoms with Gasteiger partial charge < -0.3 is 14.8 Å². The summed E-state index contributed by atoms with van der Waals surface area (Å²) in [5.74, 6) is 0.530. The van der Waals surface area contributed by atoms with Crippen LogP contribution in [0.15, 0.2) is 48.5 Å². The summed E-state index contributed by atoms with van der Waals surface area (Å²) in [5, 5.41) is 2.60. The van der Waals surface area contributed by atoms with E-state index in [0.29, 0.717) is 17.1 Å². The zero-order chi connectivity index (χ0) is 15.1. The van der Waals surface area contributed by atoms with Gasteiger partial charge in [0.15, 0.2) is 6.61 Å². The molecular weight excluding hydrogens is 273 g/mol. The van der Waals surface area contributed by atoms with E-state index >= 15 is 0 Å². The number of halogens is 1. The Labute approximate surface area is 122 Å². The minimum Gasteiger partial charge on any atom is -0.497 e. The molecule has 2 aromatic rings. The summed E-state index contributed by atoms with van der Waals surface area (Å²) in [7, 11) is 1.56. The molecule has 110 valence electrons. The van der Waals surface area contributed by atoms with Crippen molar-refractivity contribution in [2.45, 2.75) is 6.54 Å². The Balaban J connectivity index is 1.81. The van der Waals surface area contributed by atoms with Gasteiger partial charge >= 0.3 is 0 Å². The summed E-state index contributed by atoms with van der Waals surface area (Å²) < 4.78 is 23.8. The summed E-state index contributed by atoms with van der Waals surface area (Å²) in [4.78, 5) is 11.7. The van der Waals surface area contributed by atoms with Gasteiger partial charge in [-0.2, -0.15) is 0 Å². The van der Waals surface area contributed by atoms with Crippen LogP contribution in [-0.4, -0.2) is 19.6 Å². The monoisotopic (exact) mass is 289 g/mol. The second-order valence-electron chi connectivity index (χ2n) is 4.34. The molecule has 0 radical (unpaired) electrons. The molecule has 0 aliphatic heterocycles. The molecule has 0 saturated heterocycles. The molecule has 0 aromatic heterocycles. The molecule has 0 unspecified atom stereocenters. The van der Waals surface area contributed by atoms with E-state index < -0.39 is 0 Å². The first-order valence-corrected chi connectivity index (χ1v) is 6.46. The van der Waals surface area contributed by atoms with Crippen LogP contribution in [0.1, 0.15) is 5.56 Å². The molecule has 0 bridgehead atoms. The summed E-state index contributed by atoms with van der Waals surface area (Å²) in [6.45, 7) is -0.00536. The Kier molecular flexibility index (Phi) is 5.15. The zero-order valence-corrected chi connectivity index (χ0v) is 11.6. The largest absolute Gasteiger partial charge is 0.497 e. The number of ether oxygens (including phenoxy) is 2. The van der Waals surface area contributed by atoms with Crippen LogP contribution >= 0.6 is 0 Å². The number of amides is 1. The van der Waals surface area contributed by atoms with Crippen molar-refractivity contribution >= 4 is 5.91 Å².